The van der Waals surface area contributed by atoms with Gasteiger partial charge in [-0.2, -0.15) is 18.4 Å². The Morgan fingerprint density at radius 3 is 2.56 bits per heavy atom. The van der Waals surface area contributed by atoms with Crippen molar-refractivity contribution < 1.29 is 13.2 Å². The summed E-state index contributed by atoms with van der Waals surface area (Å²) >= 11 is 0. The summed E-state index contributed by atoms with van der Waals surface area (Å²) in [6.07, 6.45) is -3.76. The van der Waals surface area contributed by atoms with Gasteiger partial charge in [-0.1, -0.05) is 6.92 Å². The molecule has 0 aliphatic carbocycles. The molecule has 0 fully saturated rings. The molecule has 1 heterocycles. The number of anilines is 1. The summed E-state index contributed by atoms with van der Waals surface area (Å²) in [5.74, 6) is 0.108. The number of rotatable bonds is 4. The maximum absolute atomic E-state index is 12.5. The number of aromatic nitrogens is 1. The smallest absolute Gasteiger partial charge is 0.346 e. The Labute approximate surface area is 104 Å². The van der Waals surface area contributed by atoms with Gasteiger partial charge >= 0.3 is 6.18 Å². The lowest BCUT2D eigenvalue weighted by atomic mass is 10.2. The predicted molar refractivity (Wildman–Crippen MR) is 62.2 cm³/mol. The molecule has 0 amide bonds. The van der Waals surface area contributed by atoms with Crippen LogP contribution in [0.25, 0.3) is 0 Å². The van der Waals surface area contributed by atoms with Crippen molar-refractivity contribution >= 4 is 5.82 Å². The molecule has 3 nitrogen and oxygen atoms in total. The standard InChI is InChI=1S/C12H14F3N3/c1-3-6-18(8-12(13,14)15)11-10(7-16)5-4-9(2)17-11/h4-5H,3,6,8H2,1-2H3. The van der Waals surface area contributed by atoms with Crippen molar-refractivity contribution in [2.24, 2.45) is 0 Å². The van der Waals surface area contributed by atoms with Gasteiger partial charge in [-0.05, 0) is 25.5 Å². The van der Waals surface area contributed by atoms with Gasteiger partial charge in [0.05, 0.1) is 5.56 Å². The van der Waals surface area contributed by atoms with Gasteiger partial charge in [-0.3, -0.25) is 0 Å². The van der Waals surface area contributed by atoms with Crippen molar-refractivity contribution in [2.45, 2.75) is 26.4 Å². The lowest BCUT2D eigenvalue weighted by Crippen LogP contribution is -2.36. The highest BCUT2D eigenvalue weighted by Gasteiger charge is 2.31. The first-order valence-electron chi connectivity index (χ1n) is 5.57. The van der Waals surface area contributed by atoms with E-state index in [9.17, 15) is 13.2 Å². The molecule has 0 unspecified atom stereocenters. The molecule has 0 N–H and O–H groups in total. The van der Waals surface area contributed by atoms with Gasteiger partial charge in [0, 0.05) is 12.2 Å². The molecule has 1 aromatic heterocycles. The van der Waals surface area contributed by atoms with Crippen molar-refractivity contribution in [1.82, 2.24) is 4.98 Å². The quantitative estimate of drug-likeness (QED) is 0.832. The number of alkyl halides is 3. The molecule has 0 spiro atoms. The average molecular weight is 257 g/mol. The molecule has 0 saturated carbocycles. The van der Waals surface area contributed by atoms with Gasteiger partial charge in [-0.25, -0.2) is 4.98 Å². The second-order valence-electron chi connectivity index (χ2n) is 3.97. The van der Waals surface area contributed by atoms with E-state index in [0.29, 0.717) is 12.1 Å². The van der Waals surface area contributed by atoms with Gasteiger partial charge in [0.15, 0.2) is 0 Å². The first-order chi connectivity index (χ1) is 8.37. The van der Waals surface area contributed by atoms with Crippen LogP contribution in [-0.2, 0) is 0 Å². The van der Waals surface area contributed by atoms with Crippen molar-refractivity contribution in [3.05, 3.63) is 23.4 Å². The molecule has 0 aromatic carbocycles. The molecule has 1 aromatic rings. The largest absolute Gasteiger partial charge is 0.405 e. The fraction of sp³-hybridized carbons (Fsp3) is 0.500. The molecule has 6 heteroatoms. The van der Waals surface area contributed by atoms with E-state index in [4.69, 9.17) is 5.26 Å². The van der Waals surface area contributed by atoms with E-state index in [0.717, 1.165) is 4.90 Å². The molecule has 18 heavy (non-hydrogen) atoms. The zero-order valence-electron chi connectivity index (χ0n) is 10.3. The molecule has 0 radical (unpaired) electrons. The highest BCUT2D eigenvalue weighted by atomic mass is 19.4. The van der Waals surface area contributed by atoms with Crippen LogP contribution in [0.2, 0.25) is 0 Å². The molecule has 0 aliphatic rings. The molecule has 0 atom stereocenters. The van der Waals surface area contributed by atoms with Gasteiger partial charge in [0.2, 0.25) is 0 Å². The Kier molecular flexibility index (Phi) is 4.54. The number of hydrogen-bond acceptors (Lipinski definition) is 3. The Morgan fingerprint density at radius 2 is 2.06 bits per heavy atom. The minimum absolute atomic E-state index is 0.108. The molecular formula is C12H14F3N3. The fourth-order valence-electron chi connectivity index (χ4n) is 1.62. The summed E-state index contributed by atoms with van der Waals surface area (Å²) in [5.41, 5.74) is 0.755. The molecule has 98 valence electrons. The zero-order chi connectivity index (χ0) is 13.8. The van der Waals surface area contributed by atoms with Crippen LogP contribution < -0.4 is 4.90 Å². The number of aryl methyl sites for hydroxylation is 1. The summed E-state index contributed by atoms with van der Waals surface area (Å²) in [6, 6.07) is 4.98. The summed E-state index contributed by atoms with van der Waals surface area (Å²) in [4.78, 5) is 5.15. The van der Waals surface area contributed by atoms with Crippen LogP contribution in [0.5, 0.6) is 0 Å². The molecule has 1 rings (SSSR count). The summed E-state index contributed by atoms with van der Waals surface area (Å²) in [6.45, 7) is 2.59. The lowest BCUT2D eigenvalue weighted by Gasteiger charge is -2.25. The monoisotopic (exact) mass is 257 g/mol. The normalized spacial score (nSPS) is 11.1. The van der Waals surface area contributed by atoms with Crippen LogP contribution in [0.1, 0.15) is 24.6 Å². The van der Waals surface area contributed by atoms with Crippen LogP contribution >= 0.6 is 0 Å². The molecular weight excluding hydrogens is 243 g/mol. The third-order valence-electron chi connectivity index (χ3n) is 2.30. The Balaban J connectivity index is 3.12. The van der Waals surface area contributed by atoms with E-state index in [-0.39, 0.29) is 17.9 Å². The van der Waals surface area contributed by atoms with Crippen LogP contribution in [-0.4, -0.2) is 24.2 Å². The second-order valence-corrected chi connectivity index (χ2v) is 3.97. The minimum atomic E-state index is -4.31. The van der Waals surface area contributed by atoms with Gasteiger partial charge < -0.3 is 4.90 Å². The van der Waals surface area contributed by atoms with Crippen LogP contribution in [0.3, 0.4) is 0 Å². The van der Waals surface area contributed by atoms with Crippen molar-refractivity contribution in [3.8, 4) is 6.07 Å². The van der Waals surface area contributed by atoms with E-state index >= 15 is 0 Å². The second kappa shape index (κ2) is 5.71. The van der Waals surface area contributed by atoms with Crippen LogP contribution in [0.4, 0.5) is 19.0 Å². The molecule has 0 saturated heterocycles. The first-order valence-corrected chi connectivity index (χ1v) is 5.57. The maximum Gasteiger partial charge on any atom is 0.405 e. The first kappa shape index (κ1) is 14.3. The molecule has 0 aliphatic heterocycles. The van der Waals surface area contributed by atoms with E-state index in [1.807, 2.05) is 6.07 Å². The summed E-state index contributed by atoms with van der Waals surface area (Å²) in [7, 11) is 0. The highest BCUT2D eigenvalue weighted by molar-refractivity contribution is 5.54. The van der Waals surface area contributed by atoms with Crippen molar-refractivity contribution in [1.29, 1.82) is 5.26 Å². The van der Waals surface area contributed by atoms with E-state index in [1.54, 1.807) is 19.9 Å². The van der Waals surface area contributed by atoms with E-state index < -0.39 is 12.7 Å². The Hall–Kier alpha value is -1.77. The number of nitrogens with zero attached hydrogens (tertiary/aromatic N) is 3. The topological polar surface area (TPSA) is 39.9 Å². The SMILES string of the molecule is CCCN(CC(F)(F)F)c1nc(C)ccc1C#N. The van der Waals surface area contributed by atoms with Gasteiger partial charge in [0.25, 0.3) is 0 Å². The van der Waals surface area contributed by atoms with Gasteiger partial charge in [0.1, 0.15) is 18.4 Å². The highest BCUT2D eigenvalue weighted by Crippen LogP contribution is 2.23. The fourth-order valence-corrected chi connectivity index (χ4v) is 1.62. The number of nitriles is 1. The third kappa shape index (κ3) is 3.91. The van der Waals surface area contributed by atoms with Crippen LogP contribution in [0.15, 0.2) is 12.1 Å². The van der Waals surface area contributed by atoms with Gasteiger partial charge in [-0.15, -0.1) is 0 Å². The minimum Gasteiger partial charge on any atom is -0.346 e. The predicted octanol–water partition coefficient (Wildman–Crippen LogP) is 3.04. The summed E-state index contributed by atoms with van der Waals surface area (Å²) in [5, 5.41) is 8.93. The van der Waals surface area contributed by atoms with Crippen molar-refractivity contribution in [3.63, 3.8) is 0 Å². The Bertz CT molecular complexity index is 449. The number of halogens is 3. The maximum atomic E-state index is 12.5. The van der Waals surface area contributed by atoms with Crippen LogP contribution in [0, 0.1) is 18.3 Å². The lowest BCUT2D eigenvalue weighted by molar-refractivity contribution is -0.119. The molecule has 0 bridgehead atoms. The summed E-state index contributed by atoms with van der Waals surface area (Å²) < 4.78 is 37.5. The third-order valence-corrected chi connectivity index (χ3v) is 2.30. The average Bonchev–Trinajstić information content (AvgIpc) is 2.26. The number of pyridine rings is 1. The van der Waals surface area contributed by atoms with E-state index in [1.165, 1.54) is 6.07 Å². The Morgan fingerprint density at radius 1 is 1.39 bits per heavy atom. The zero-order valence-corrected chi connectivity index (χ0v) is 10.3. The number of hydrogen-bond donors (Lipinski definition) is 0. The van der Waals surface area contributed by atoms with Crippen molar-refractivity contribution in [2.75, 3.05) is 18.0 Å². The van der Waals surface area contributed by atoms with E-state index in [2.05, 4.69) is 4.98 Å².